The number of rotatable bonds is 4. The SMILES string of the molecule is CCCC(C)CC1CCCC(C)N1. The van der Waals surface area contributed by atoms with Crippen LogP contribution in [0.4, 0.5) is 0 Å². The van der Waals surface area contributed by atoms with Crippen molar-refractivity contribution in [2.24, 2.45) is 5.92 Å². The van der Waals surface area contributed by atoms with Crippen LogP contribution in [0.1, 0.15) is 59.3 Å². The Morgan fingerprint density at radius 2 is 2.15 bits per heavy atom. The molecule has 1 fully saturated rings. The van der Waals surface area contributed by atoms with Gasteiger partial charge in [0.05, 0.1) is 0 Å². The number of hydrogen-bond acceptors (Lipinski definition) is 1. The molecule has 1 N–H and O–H groups in total. The van der Waals surface area contributed by atoms with Crippen molar-refractivity contribution in [2.75, 3.05) is 0 Å². The molecule has 1 rings (SSSR count). The Labute approximate surface area is 83.3 Å². The molecule has 0 aliphatic carbocycles. The summed E-state index contributed by atoms with van der Waals surface area (Å²) in [6, 6.07) is 1.57. The Morgan fingerprint density at radius 1 is 1.38 bits per heavy atom. The zero-order valence-corrected chi connectivity index (χ0v) is 9.47. The van der Waals surface area contributed by atoms with Gasteiger partial charge in [0.15, 0.2) is 0 Å². The third-order valence-electron chi connectivity index (χ3n) is 3.18. The third-order valence-corrected chi connectivity index (χ3v) is 3.18. The van der Waals surface area contributed by atoms with Crippen LogP contribution < -0.4 is 5.32 Å². The second-order valence-corrected chi connectivity index (χ2v) is 4.83. The molecule has 3 atom stereocenters. The van der Waals surface area contributed by atoms with Gasteiger partial charge in [0.25, 0.3) is 0 Å². The van der Waals surface area contributed by atoms with Crippen LogP contribution in [-0.2, 0) is 0 Å². The van der Waals surface area contributed by atoms with Crippen LogP contribution in [0, 0.1) is 5.92 Å². The van der Waals surface area contributed by atoms with Gasteiger partial charge in [-0.15, -0.1) is 0 Å². The minimum absolute atomic E-state index is 0.757. The molecule has 1 heterocycles. The summed E-state index contributed by atoms with van der Waals surface area (Å²) >= 11 is 0. The van der Waals surface area contributed by atoms with E-state index in [0.717, 1.165) is 18.0 Å². The monoisotopic (exact) mass is 183 g/mol. The maximum absolute atomic E-state index is 3.71. The third kappa shape index (κ3) is 4.12. The average Bonchev–Trinajstić information content (AvgIpc) is 2.04. The van der Waals surface area contributed by atoms with Crippen LogP contribution in [0.2, 0.25) is 0 Å². The molecule has 1 nitrogen and oxygen atoms in total. The Balaban J connectivity index is 2.19. The van der Waals surface area contributed by atoms with Gasteiger partial charge >= 0.3 is 0 Å². The van der Waals surface area contributed by atoms with Crippen LogP contribution in [0.25, 0.3) is 0 Å². The van der Waals surface area contributed by atoms with Gasteiger partial charge in [0.1, 0.15) is 0 Å². The smallest absolute Gasteiger partial charge is 0.00720 e. The van der Waals surface area contributed by atoms with Crippen LogP contribution in [0.3, 0.4) is 0 Å². The maximum atomic E-state index is 3.71. The van der Waals surface area contributed by atoms with Crippen molar-refractivity contribution in [2.45, 2.75) is 71.4 Å². The fraction of sp³-hybridized carbons (Fsp3) is 1.00. The first-order chi connectivity index (χ1) is 6.22. The van der Waals surface area contributed by atoms with Crippen molar-refractivity contribution >= 4 is 0 Å². The summed E-state index contributed by atoms with van der Waals surface area (Å²) in [5.74, 6) is 0.910. The Bertz CT molecular complexity index is 133. The lowest BCUT2D eigenvalue weighted by Crippen LogP contribution is -2.41. The van der Waals surface area contributed by atoms with Gasteiger partial charge in [-0.3, -0.25) is 0 Å². The van der Waals surface area contributed by atoms with E-state index >= 15 is 0 Å². The summed E-state index contributed by atoms with van der Waals surface area (Å²) in [6.07, 6.45) is 8.32. The summed E-state index contributed by atoms with van der Waals surface area (Å²) < 4.78 is 0. The molecule has 0 spiro atoms. The van der Waals surface area contributed by atoms with Crippen LogP contribution >= 0.6 is 0 Å². The maximum Gasteiger partial charge on any atom is 0.00720 e. The van der Waals surface area contributed by atoms with E-state index in [2.05, 4.69) is 26.1 Å². The van der Waals surface area contributed by atoms with Crippen LogP contribution in [-0.4, -0.2) is 12.1 Å². The van der Waals surface area contributed by atoms with Crippen molar-refractivity contribution in [3.63, 3.8) is 0 Å². The molecule has 1 heteroatoms. The van der Waals surface area contributed by atoms with E-state index in [4.69, 9.17) is 0 Å². The minimum atomic E-state index is 0.757. The molecule has 0 aromatic heterocycles. The van der Waals surface area contributed by atoms with E-state index in [0.29, 0.717) is 0 Å². The highest BCUT2D eigenvalue weighted by molar-refractivity contribution is 4.78. The quantitative estimate of drug-likeness (QED) is 0.705. The van der Waals surface area contributed by atoms with Crippen molar-refractivity contribution in [3.8, 4) is 0 Å². The molecule has 1 aliphatic heterocycles. The lowest BCUT2D eigenvalue weighted by Gasteiger charge is -2.30. The second kappa shape index (κ2) is 5.64. The zero-order valence-electron chi connectivity index (χ0n) is 9.47. The molecule has 0 amide bonds. The van der Waals surface area contributed by atoms with E-state index in [1.807, 2.05) is 0 Å². The number of piperidine rings is 1. The average molecular weight is 183 g/mol. The van der Waals surface area contributed by atoms with Crippen molar-refractivity contribution in [3.05, 3.63) is 0 Å². The molecule has 0 aromatic rings. The van der Waals surface area contributed by atoms with Gasteiger partial charge in [0.2, 0.25) is 0 Å². The van der Waals surface area contributed by atoms with Gasteiger partial charge in [-0.25, -0.2) is 0 Å². The van der Waals surface area contributed by atoms with Gasteiger partial charge in [-0.1, -0.05) is 33.1 Å². The van der Waals surface area contributed by atoms with Crippen molar-refractivity contribution < 1.29 is 0 Å². The van der Waals surface area contributed by atoms with Crippen LogP contribution in [0.15, 0.2) is 0 Å². The van der Waals surface area contributed by atoms with Gasteiger partial charge in [-0.05, 0) is 32.1 Å². The van der Waals surface area contributed by atoms with Gasteiger partial charge in [-0.2, -0.15) is 0 Å². The first-order valence-corrected chi connectivity index (χ1v) is 5.98. The topological polar surface area (TPSA) is 12.0 Å². The van der Waals surface area contributed by atoms with E-state index in [9.17, 15) is 0 Å². The largest absolute Gasteiger partial charge is 0.311 e. The number of hydrogen-bond donors (Lipinski definition) is 1. The molecule has 0 saturated carbocycles. The predicted octanol–water partition coefficient (Wildman–Crippen LogP) is 3.34. The molecule has 3 unspecified atom stereocenters. The van der Waals surface area contributed by atoms with E-state index in [1.54, 1.807) is 0 Å². The normalized spacial score (nSPS) is 31.6. The van der Waals surface area contributed by atoms with Crippen molar-refractivity contribution in [1.29, 1.82) is 0 Å². The summed E-state index contributed by atoms with van der Waals surface area (Å²) in [7, 11) is 0. The Morgan fingerprint density at radius 3 is 2.77 bits per heavy atom. The summed E-state index contributed by atoms with van der Waals surface area (Å²) in [5, 5.41) is 3.71. The van der Waals surface area contributed by atoms with E-state index < -0.39 is 0 Å². The molecule has 0 aromatic carbocycles. The molecule has 13 heavy (non-hydrogen) atoms. The molecule has 1 saturated heterocycles. The highest BCUT2D eigenvalue weighted by Gasteiger charge is 2.19. The fourth-order valence-electron chi connectivity index (χ4n) is 2.52. The molecular formula is C12H25N. The van der Waals surface area contributed by atoms with E-state index in [-0.39, 0.29) is 0 Å². The molecule has 78 valence electrons. The molecule has 0 radical (unpaired) electrons. The Hall–Kier alpha value is -0.0400. The zero-order chi connectivity index (χ0) is 9.68. The number of nitrogens with one attached hydrogen (secondary N) is 1. The first kappa shape index (κ1) is 11.0. The van der Waals surface area contributed by atoms with E-state index in [1.165, 1.54) is 38.5 Å². The van der Waals surface area contributed by atoms with Crippen LogP contribution in [0.5, 0.6) is 0 Å². The Kier molecular flexibility index (Phi) is 4.79. The predicted molar refractivity (Wildman–Crippen MR) is 58.9 cm³/mol. The first-order valence-electron chi connectivity index (χ1n) is 5.98. The lowest BCUT2D eigenvalue weighted by molar-refractivity contribution is 0.286. The van der Waals surface area contributed by atoms with Crippen molar-refractivity contribution in [1.82, 2.24) is 5.32 Å². The van der Waals surface area contributed by atoms with Gasteiger partial charge in [0, 0.05) is 12.1 Å². The summed E-state index contributed by atoms with van der Waals surface area (Å²) in [5.41, 5.74) is 0. The fourth-order valence-corrected chi connectivity index (χ4v) is 2.52. The molecule has 1 aliphatic rings. The summed E-state index contributed by atoms with van der Waals surface area (Å²) in [6.45, 7) is 6.99. The lowest BCUT2D eigenvalue weighted by atomic mass is 9.90. The van der Waals surface area contributed by atoms with Gasteiger partial charge < -0.3 is 5.32 Å². The standard InChI is InChI=1S/C12H25N/c1-4-6-10(2)9-12-8-5-7-11(3)13-12/h10-13H,4-9H2,1-3H3. The highest BCUT2D eigenvalue weighted by Crippen LogP contribution is 2.20. The summed E-state index contributed by atoms with van der Waals surface area (Å²) in [4.78, 5) is 0. The highest BCUT2D eigenvalue weighted by atomic mass is 15.0. The molecule has 0 bridgehead atoms. The minimum Gasteiger partial charge on any atom is -0.311 e. The second-order valence-electron chi connectivity index (χ2n) is 4.83. The molecular weight excluding hydrogens is 158 g/mol.